The first-order valence-corrected chi connectivity index (χ1v) is 5.48. The zero-order valence-corrected chi connectivity index (χ0v) is 10.6. The molecule has 0 saturated carbocycles. The fraction of sp³-hybridized carbons (Fsp3) is 0. The average Bonchev–Trinajstić information content (AvgIpc) is 2.24. The molecule has 0 aliphatic heterocycles. The van der Waals surface area contributed by atoms with Crippen molar-refractivity contribution in [2.45, 2.75) is 0 Å². The minimum Gasteiger partial charge on any atom is -0.360 e. The van der Waals surface area contributed by atoms with Crippen molar-refractivity contribution >= 4 is 37.5 Å². The van der Waals surface area contributed by atoms with Crippen LogP contribution in [0.15, 0.2) is 38.9 Å². The first kappa shape index (κ1) is 11.8. The molecule has 0 spiro atoms. The van der Waals surface area contributed by atoms with Gasteiger partial charge in [0.25, 0.3) is 0 Å². The summed E-state index contributed by atoms with van der Waals surface area (Å²) in [5, 5.41) is 19.9. The van der Waals surface area contributed by atoms with Gasteiger partial charge in [-0.15, -0.1) is 0 Å². The quantitative estimate of drug-likeness (QED) is 0.845. The predicted octanol–water partition coefficient (Wildman–Crippen LogP) is 3.55. The Kier molecular flexibility index (Phi) is 4.36. The van der Waals surface area contributed by atoms with E-state index in [9.17, 15) is 0 Å². The first-order chi connectivity index (χ1) is 7.17. The summed E-state index contributed by atoms with van der Waals surface area (Å²) in [6, 6.07) is 9.06. The molecule has 0 fully saturated rings. The number of benzene rings is 1. The summed E-state index contributed by atoms with van der Waals surface area (Å²) in [7, 11) is 0. The highest BCUT2D eigenvalue weighted by Gasteiger charge is 1.97. The van der Waals surface area contributed by atoms with Crippen LogP contribution in [0.25, 0.3) is 0 Å². The fourth-order valence-electron chi connectivity index (χ4n) is 0.831. The van der Waals surface area contributed by atoms with Crippen LogP contribution in [0.3, 0.4) is 0 Å². The van der Waals surface area contributed by atoms with Crippen LogP contribution in [0.1, 0.15) is 0 Å². The molecule has 0 atom stereocenters. The largest absolute Gasteiger partial charge is 0.360 e. The molecular weight excluding hydrogens is 322 g/mol. The standard InChI is InChI=1S/C10H5Br2N3/c11-9-2-1-8(3-10(9)12)15-6-7(4-13)5-14/h1-3,6,15H. The highest BCUT2D eigenvalue weighted by atomic mass is 79.9. The van der Waals surface area contributed by atoms with E-state index in [1.165, 1.54) is 6.20 Å². The van der Waals surface area contributed by atoms with Crippen molar-refractivity contribution in [3.63, 3.8) is 0 Å². The minimum atomic E-state index is 0.0361. The molecule has 1 aromatic rings. The molecule has 0 heterocycles. The number of nitriles is 2. The number of nitrogens with one attached hydrogen (secondary N) is 1. The summed E-state index contributed by atoms with van der Waals surface area (Å²) < 4.78 is 1.84. The molecule has 1 N–H and O–H groups in total. The number of hydrogen-bond acceptors (Lipinski definition) is 3. The second-order valence-corrected chi connectivity index (χ2v) is 4.26. The van der Waals surface area contributed by atoms with E-state index in [0.29, 0.717) is 0 Å². The summed E-state index contributed by atoms with van der Waals surface area (Å²) >= 11 is 6.69. The van der Waals surface area contributed by atoms with Crippen LogP contribution in [0.4, 0.5) is 5.69 Å². The SMILES string of the molecule is N#CC(C#N)=CNc1ccc(Br)c(Br)c1. The lowest BCUT2D eigenvalue weighted by Gasteiger charge is -2.02. The maximum atomic E-state index is 8.51. The van der Waals surface area contributed by atoms with Crippen molar-refractivity contribution < 1.29 is 0 Å². The second kappa shape index (κ2) is 5.55. The van der Waals surface area contributed by atoms with Gasteiger partial charge >= 0.3 is 0 Å². The molecule has 15 heavy (non-hydrogen) atoms. The van der Waals surface area contributed by atoms with Gasteiger partial charge in [0, 0.05) is 20.8 Å². The summed E-state index contributed by atoms with van der Waals surface area (Å²) in [4.78, 5) is 0. The first-order valence-electron chi connectivity index (χ1n) is 3.89. The monoisotopic (exact) mass is 325 g/mol. The Bertz CT molecular complexity index is 464. The van der Waals surface area contributed by atoms with Crippen LogP contribution in [0.5, 0.6) is 0 Å². The predicted molar refractivity (Wildman–Crippen MR) is 64.8 cm³/mol. The number of anilines is 1. The zero-order chi connectivity index (χ0) is 11.3. The van der Waals surface area contributed by atoms with Crippen molar-refractivity contribution in [2.24, 2.45) is 0 Å². The lowest BCUT2D eigenvalue weighted by atomic mass is 10.3. The molecule has 0 radical (unpaired) electrons. The zero-order valence-electron chi connectivity index (χ0n) is 7.46. The molecule has 1 rings (SSSR count). The molecule has 0 saturated heterocycles. The topological polar surface area (TPSA) is 59.6 Å². The van der Waals surface area contributed by atoms with Crippen LogP contribution in [-0.2, 0) is 0 Å². The summed E-state index contributed by atoms with van der Waals surface area (Å²) in [6.07, 6.45) is 1.37. The van der Waals surface area contributed by atoms with Crippen LogP contribution >= 0.6 is 31.9 Å². The van der Waals surface area contributed by atoms with Gasteiger partial charge in [0.05, 0.1) is 0 Å². The highest BCUT2D eigenvalue weighted by molar-refractivity contribution is 9.13. The molecule has 0 amide bonds. The minimum absolute atomic E-state index is 0.0361. The van der Waals surface area contributed by atoms with E-state index in [4.69, 9.17) is 10.5 Å². The number of rotatable bonds is 2. The molecule has 74 valence electrons. The molecule has 5 heteroatoms. The van der Waals surface area contributed by atoms with E-state index in [-0.39, 0.29) is 5.57 Å². The highest BCUT2D eigenvalue weighted by Crippen LogP contribution is 2.25. The van der Waals surface area contributed by atoms with E-state index in [1.54, 1.807) is 12.1 Å². The summed E-state index contributed by atoms with van der Waals surface area (Å²) in [6.45, 7) is 0. The van der Waals surface area contributed by atoms with Gasteiger partial charge in [-0.05, 0) is 50.1 Å². The number of nitrogens with zero attached hydrogens (tertiary/aromatic N) is 2. The fourth-order valence-corrected chi connectivity index (χ4v) is 1.46. The van der Waals surface area contributed by atoms with Gasteiger partial charge in [0.1, 0.15) is 17.7 Å². The normalized spacial score (nSPS) is 8.53. The smallest absolute Gasteiger partial charge is 0.145 e. The number of halogens is 2. The van der Waals surface area contributed by atoms with Crippen molar-refractivity contribution in [3.8, 4) is 12.1 Å². The van der Waals surface area contributed by atoms with Gasteiger partial charge < -0.3 is 5.32 Å². The summed E-state index contributed by atoms with van der Waals surface area (Å²) in [5.74, 6) is 0. The van der Waals surface area contributed by atoms with E-state index < -0.39 is 0 Å². The molecule has 0 unspecified atom stereocenters. The Morgan fingerprint density at radius 1 is 1.20 bits per heavy atom. The Balaban J connectivity index is 2.84. The third kappa shape index (κ3) is 3.39. The molecule has 0 aliphatic rings. The lowest BCUT2D eigenvalue weighted by Crippen LogP contribution is -1.89. The van der Waals surface area contributed by atoms with Crippen molar-refractivity contribution in [3.05, 3.63) is 38.9 Å². The van der Waals surface area contributed by atoms with Crippen LogP contribution in [0, 0.1) is 22.7 Å². The van der Waals surface area contributed by atoms with Crippen molar-refractivity contribution in [1.29, 1.82) is 10.5 Å². The van der Waals surface area contributed by atoms with E-state index >= 15 is 0 Å². The number of allylic oxidation sites excluding steroid dienone is 1. The Labute approximate surface area is 104 Å². The van der Waals surface area contributed by atoms with Crippen molar-refractivity contribution in [1.82, 2.24) is 0 Å². The molecule has 0 bridgehead atoms. The van der Waals surface area contributed by atoms with E-state index in [2.05, 4.69) is 37.2 Å². The van der Waals surface area contributed by atoms with Gasteiger partial charge in [0.2, 0.25) is 0 Å². The summed E-state index contributed by atoms with van der Waals surface area (Å²) in [5.41, 5.74) is 0.835. The maximum Gasteiger partial charge on any atom is 0.145 e. The van der Waals surface area contributed by atoms with Crippen LogP contribution < -0.4 is 5.32 Å². The van der Waals surface area contributed by atoms with Gasteiger partial charge in [-0.3, -0.25) is 0 Å². The van der Waals surface area contributed by atoms with Gasteiger partial charge in [-0.25, -0.2) is 0 Å². The molecule has 0 aromatic heterocycles. The molecule has 0 aliphatic carbocycles. The van der Waals surface area contributed by atoms with E-state index in [0.717, 1.165) is 14.6 Å². The Morgan fingerprint density at radius 3 is 2.40 bits per heavy atom. The second-order valence-electron chi connectivity index (χ2n) is 2.55. The lowest BCUT2D eigenvalue weighted by molar-refractivity contribution is 1.44. The third-order valence-corrected chi connectivity index (χ3v) is 3.42. The third-order valence-electron chi connectivity index (χ3n) is 1.54. The van der Waals surface area contributed by atoms with Gasteiger partial charge in [0.15, 0.2) is 0 Å². The Hall–Kier alpha value is -1.30. The van der Waals surface area contributed by atoms with E-state index in [1.807, 2.05) is 18.2 Å². The average molecular weight is 327 g/mol. The molecule has 3 nitrogen and oxygen atoms in total. The van der Waals surface area contributed by atoms with Crippen LogP contribution in [-0.4, -0.2) is 0 Å². The molecular formula is C10H5Br2N3. The van der Waals surface area contributed by atoms with Crippen LogP contribution in [0.2, 0.25) is 0 Å². The van der Waals surface area contributed by atoms with Gasteiger partial charge in [-0.1, -0.05) is 0 Å². The van der Waals surface area contributed by atoms with Crippen molar-refractivity contribution in [2.75, 3.05) is 5.32 Å². The maximum absolute atomic E-state index is 8.51. The Morgan fingerprint density at radius 2 is 1.87 bits per heavy atom. The molecule has 1 aromatic carbocycles. The number of hydrogen-bond donors (Lipinski definition) is 1. The van der Waals surface area contributed by atoms with Gasteiger partial charge in [-0.2, -0.15) is 10.5 Å².